The number of esters is 1. The molecule has 0 amide bonds. The molecule has 112 valence electrons. The highest BCUT2D eigenvalue weighted by Crippen LogP contribution is 2.60. The van der Waals surface area contributed by atoms with Crippen LogP contribution in [-0.2, 0) is 14.3 Å². The first-order valence-corrected chi connectivity index (χ1v) is 7.76. The highest BCUT2D eigenvalue weighted by molar-refractivity contribution is 5.73. The van der Waals surface area contributed by atoms with Crippen LogP contribution in [0.25, 0.3) is 0 Å². The summed E-state index contributed by atoms with van der Waals surface area (Å²) in [5.41, 5.74) is 1.87. The average Bonchev–Trinajstić information content (AvgIpc) is 3.26. The number of carbonyl (C=O) groups excluding carboxylic acids is 1. The van der Waals surface area contributed by atoms with Crippen LogP contribution in [0.2, 0.25) is 0 Å². The summed E-state index contributed by atoms with van der Waals surface area (Å²) in [7, 11) is 1.50. The lowest BCUT2D eigenvalue weighted by atomic mass is 9.75. The summed E-state index contributed by atoms with van der Waals surface area (Å²) in [6, 6.07) is 0.486. The van der Waals surface area contributed by atoms with Gasteiger partial charge in [-0.3, -0.25) is 9.69 Å². The van der Waals surface area contributed by atoms with Gasteiger partial charge in [-0.25, -0.2) is 0 Å². The standard InChI is InChI=1S/C16H25NO3/c1-12(17-7-9-20-10-8-17)14-4-3-13(15(18)19-2)11-16(14)5-6-16/h4,12-13H,3,5-11H2,1-2H3/t12?,13-/m0/s1. The van der Waals surface area contributed by atoms with Crippen molar-refractivity contribution < 1.29 is 14.3 Å². The summed E-state index contributed by atoms with van der Waals surface area (Å²) in [5, 5.41) is 0. The summed E-state index contributed by atoms with van der Waals surface area (Å²) in [5.74, 6) is 0.0359. The van der Waals surface area contributed by atoms with Gasteiger partial charge in [0.25, 0.3) is 0 Å². The van der Waals surface area contributed by atoms with Gasteiger partial charge in [-0.15, -0.1) is 0 Å². The Morgan fingerprint density at radius 3 is 2.75 bits per heavy atom. The van der Waals surface area contributed by atoms with Gasteiger partial charge in [0.1, 0.15) is 0 Å². The molecule has 1 saturated carbocycles. The van der Waals surface area contributed by atoms with Gasteiger partial charge >= 0.3 is 5.97 Å². The second-order valence-corrected chi connectivity index (χ2v) is 6.42. The van der Waals surface area contributed by atoms with E-state index in [1.54, 1.807) is 5.57 Å². The van der Waals surface area contributed by atoms with Crippen LogP contribution in [0.4, 0.5) is 0 Å². The SMILES string of the molecule is COC(=O)[C@H]1CC=C(C(C)N2CCOCC2)C2(CC2)C1. The van der Waals surface area contributed by atoms with E-state index in [9.17, 15) is 4.79 Å². The molecule has 0 radical (unpaired) electrons. The molecule has 2 aliphatic carbocycles. The predicted octanol–water partition coefficient (Wildman–Crippen LogP) is 2.00. The molecular formula is C16H25NO3. The molecule has 1 spiro atoms. The summed E-state index contributed by atoms with van der Waals surface area (Å²) in [6.07, 6.45) is 6.64. The Kier molecular flexibility index (Phi) is 3.87. The van der Waals surface area contributed by atoms with Crippen LogP contribution in [0.5, 0.6) is 0 Å². The van der Waals surface area contributed by atoms with E-state index in [0.717, 1.165) is 39.1 Å². The molecule has 1 saturated heterocycles. The van der Waals surface area contributed by atoms with Gasteiger partial charge in [-0.1, -0.05) is 11.6 Å². The van der Waals surface area contributed by atoms with Crippen molar-refractivity contribution in [3.8, 4) is 0 Å². The van der Waals surface area contributed by atoms with Crippen LogP contribution in [0, 0.1) is 11.3 Å². The lowest BCUT2D eigenvalue weighted by Gasteiger charge is -2.39. The van der Waals surface area contributed by atoms with Gasteiger partial charge in [0, 0.05) is 19.1 Å². The maximum atomic E-state index is 11.8. The molecule has 3 rings (SSSR count). The van der Waals surface area contributed by atoms with E-state index in [2.05, 4.69) is 17.9 Å². The van der Waals surface area contributed by atoms with E-state index in [4.69, 9.17) is 9.47 Å². The van der Waals surface area contributed by atoms with Crippen LogP contribution in [0.15, 0.2) is 11.6 Å². The lowest BCUT2D eigenvalue weighted by molar-refractivity contribution is -0.146. The van der Waals surface area contributed by atoms with Gasteiger partial charge in [0.2, 0.25) is 0 Å². The maximum Gasteiger partial charge on any atom is 0.308 e. The third kappa shape index (κ3) is 2.51. The fourth-order valence-electron chi connectivity index (χ4n) is 3.92. The zero-order valence-electron chi connectivity index (χ0n) is 12.6. The molecule has 1 unspecified atom stereocenters. The van der Waals surface area contributed by atoms with E-state index >= 15 is 0 Å². The van der Waals surface area contributed by atoms with E-state index in [1.807, 2.05) is 0 Å². The fraction of sp³-hybridized carbons (Fsp3) is 0.812. The Labute approximate surface area is 121 Å². The second kappa shape index (κ2) is 5.49. The minimum absolute atomic E-state index is 0.0365. The number of carbonyl (C=O) groups is 1. The monoisotopic (exact) mass is 279 g/mol. The minimum atomic E-state index is -0.0365. The number of rotatable bonds is 3. The summed E-state index contributed by atoms with van der Waals surface area (Å²) in [6.45, 7) is 6.05. The van der Waals surface area contributed by atoms with Crippen LogP contribution in [-0.4, -0.2) is 50.3 Å². The molecule has 0 aromatic heterocycles. The van der Waals surface area contributed by atoms with Gasteiger partial charge in [-0.2, -0.15) is 0 Å². The minimum Gasteiger partial charge on any atom is -0.469 e. The topological polar surface area (TPSA) is 38.8 Å². The number of morpholine rings is 1. The molecule has 4 heteroatoms. The Balaban J connectivity index is 1.72. The molecule has 2 atom stereocenters. The van der Waals surface area contributed by atoms with Crippen molar-refractivity contribution in [1.29, 1.82) is 0 Å². The van der Waals surface area contributed by atoms with E-state index < -0.39 is 0 Å². The molecule has 0 N–H and O–H groups in total. The third-order valence-electron chi connectivity index (χ3n) is 5.30. The predicted molar refractivity (Wildman–Crippen MR) is 76.3 cm³/mol. The zero-order chi connectivity index (χ0) is 14.2. The molecule has 1 aliphatic heterocycles. The highest BCUT2D eigenvalue weighted by atomic mass is 16.5. The van der Waals surface area contributed by atoms with E-state index in [-0.39, 0.29) is 11.9 Å². The highest BCUT2D eigenvalue weighted by Gasteiger charge is 2.52. The number of methoxy groups -OCH3 is 1. The third-order valence-corrected chi connectivity index (χ3v) is 5.30. The summed E-state index contributed by atoms with van der Waals surface area (Å²) in [4.78, 5) is 14.3. The quantitative estimate of drug-likeness (QED) is 0.585. The number of hydrogen-bond donors (Lipinski definition) is 0. The van der Waals surface area contributed by atoms with Crippen molar-refractivity contribution in [2.24, 2.45) is 11.3 Å². The zero-order valence-corrected chi connectivity index (χ0v) is 12.6. The maximum absolute atomic E-state index is 11.8. The second-order valence-electron chi connectivity index (χ2n) is 6.42. The molecule has 0 aromatic carbocycles. The first-order chi connectivity index (χ1) is 9.66. The Morgan fingerprint density at radius 2 is 2.15 bits per heavy atom. The number of ether oxygens (including phenoxy) is 2. The van der Waals surface area contributed by atoms with Crippen LogP contribution in [0.3, 0.4) is 0 Å². The van der Waals surface area contributed by atoms with E-state index in [0.29, 0.717) is 11.5 Å². The van der Waals surface area contributed by atoms with Crippen molar-refractivity contribution in [3.63, 3.8) is 0 Å². The van der Waals surface area contributed by atoms with Crippen LogP contribution < -0.4 is 0 Å². The molecule has 3 aliphatic rings. The molecule has 0 aromatic rings. The largest absolute Gasteiger partial charge is 0.469 e. The Hall–Kier alpha value is -0.870. The number of allylic oxidation sites excluding steroid dienone is 1. The van der Waals surface area contributed by atoms with Crippen molar-refractivity contribution >= 4 is 5.97 Å². The van der Waals surface area contributed by atoms with Crippen molar-refractivity contribution in [1.82, 2.24) is 4.90 Å². The van der Waals surface area contributed by atoms with Gasteiger partial charge in [0.05, 0.1) is 26.2 Å². The first-order valence-electron chi connectivity index (χ1n) is 7.76. The fourth-order valence-corrected chi connectivity index (χ4v) is 3.92. The molecule has 0 bridgehead atoms. The normalized spacial score (nSPS) is 30.7. The van der Waals surface area contributed by atoms with Crippen LogP contribution in [0.1, 0.15) is 32.6 Å². The first kappa shape index (κ1) is 14.1. The molecule has 1 heterocycles. The van der Waals surface area contributed by atoms with E-state index in [1.165, 1.54) is 20.0 Å². The smallest absolute Gasteiger partial charge is 0.308 e. The number of hydrogen-bond acceptors (Lipinski definition) is 4. The van der Waals surface area contributed by atoms with Crippen molar-refractivity contribution in [2.75, 3.05) is 33.4 Å². The van der Waals surface area contributed by atoms with Gasteiger partial charge in [0.15, 0.2) is 0 Å². The molecular weight excluding hydrogens is 254 g/mol. The molecule has 4 nitrogen and oxygen atoms in total. The Morgan fingerprint density at radius 1 is 1.45 bits per heavy atom. The van der Waals surface area contributed by atoms with Gasteiger partial charge in [-0.05, 0) is 38.0 Å². The average molecular weight is 279 g/mol. The molecule has 20 heavy (non-hydrogen) atoms. The van der Waals surface area contributed by atoms with Crippen molar-refractivity contribution in [3.05, 3.63) is 11.6 Å². The summed E-state index contributed by atoms with van der Waals surface area (Å²) >= 11 is 0. The molecule has 2 fully saturated rings. The van der Waals surface area contributed by atoms with Crippen LogP contribution >= 0.6 is 0 Å². The summed E-state index contributed by atoms with van der Waals surface area (Å²) < 4.78 is 10.4. The lowest BCUT2D eigenvalue weighted by Crippen LogP contribution is -2.45. The van der Waals surface area contributed by atoms with Crippen molar-refractivity contribution in [2.45, 2.75) is 38.6 Å². The number of nitrogens with zero attached hydrogens (tertiary/aromatic N) is 1. The Bertz CT molecular complexity index is 408. The van der Waals surface area contributed by atoms with Gasteiger partial charge < -0.3 is 9.47 Å².